The van der Waals surface area contributed by atoms with Crippen LogP contribution in [0.1, 0.15) is 0 Å². The quantitative estimate of drug-likeness (QED) is 0.498. The highest BCUT2D eigenvalue weighted by Crippen LogP contribution is 2.29. The summed E-state index contributed by atoms with van der Waals surface area (Å²) in [5.74, 6) is -6.60. The van der Waals surface area contributed by atoms with Gasteiger partial charge in [0, 0.05) is 6.07 Å². The van der Waals surface area contributed by atoms with Gasteiger partial charge in [0.15, 0.2) is 28.9 Å². The van der Waals surface area contributed by atoms with E-state index in [4.69, 9.17) is 5.73 Å². The van der Waals surface area contributed by atoms with E-state index >= 15 is 0 Å². The minimum Gasteiger partial charge on any atom is -0.368 e. The number of fused-ring (bicyclic) bond motifs is 1. The Morgan fingerprint density at radius 2 is 1.71 bits per heavy atom. The molecule has 0 radical (unpaired) electrons. The lowest BCUT2D eigenvalue weighted by Gasteiger charge is -2.10. The minimum atomic E-state index is -1.58. The van der Waals surface area contributed by atoms with E-state index in [-0.39, 0.29) is 28.9 Å². The number of nitrogens with zero attached hydrogens (tertiary/aromatic N) is 3. The largest absolute Gasteiger partial charge is 0.368 e. The fraction of sp³-hybridized carbons (Fsp3) is 0. The molecule has 2 aromatic heterocycles. The molecule has 0 aliphatic carbocycles. The number of nitrogens with one attached hydrogen (secondary N) is 2. The van der Waals surface area contributed by atoms with Gasteiger partial charge in [-0.05, 0) is 0 Å². The lowest BCUT2D eigenvalue weighted by molar-refractivity contribution is 0.459. The van der Waals surface area contributed by atoms with Crippen LogP contribution in [0.25, 0.3) is 11.0 Å². The van der Waals surface area contributed by atoms with Crippen LogP contribution >= 0.6 is 0 Å². The second-order valence-electron chi connectivity index (χ2n) is 4.03. The van der Waals surface area contributed by atoms with Crippen LogP contribution in [0, 0.1) is 23.3 Å². The first-order valence-electron chi connectivity index (χ1n) is 5.54. The van der Waals surface area contributed by atoms with Gasteiger partial charge in [-0.3, -0.25) is 5.10 Å². The number of aromatic amines is 1. The van der Waals surface area contributed by atoms with Crippen molar-refractivity contribution in [1.82, 2.24) is 20.2 Å². The van der Waals surface area contributed by atoms with Crippen molar-refractivity contribution in [2.45, 2.75) is 0 Å². The molecule has 1 aromatic carbocycles. The number of hydrogen-bond acceptors (Lipinski definition) is 5. The number of rotatable bonds is 2. The van der Waals surface area contributed by atoms with Crippen LogP contribution in [0.4, 0.5) is 35.0 Å². The molecule has 21 heavy (non-hydrogen) atoms. The summed E-state index contributed by atoms with van der Waals surface area (Å²) in [6.45, 7) is 0. The van der Waals surface area contributed by atoms with E-state index in [0.717, 1.165) is 0 Å². The first-order chi connectivity index (χ1) is 9.97. The van der Waals surface area contributed by atoms with Crippen LogP contribution in [0.5, 0.6) is 0 Å². The van der Waals surface area contributed by atoms with Crippen LogP contribution in [0.2, 0.25) is 0 Å². The second-order valence-corrected chi connectivity index (χ2v) is 4.03. The third-order valence-corrected chi connectivity index (χ3v) is 2.68. The molecule has 10 heteroatoms. The van der Waals surface area contributed by atoms with E-state index in [9.17, 15) is 17.6 Å². The topological polar surface area (TPSA) is 92.5 Å². The van der Waals surface area contributed by atoms with Crippen molar-refractivity contribution >= 4 is 28.5 Å². The number of anilines is 3. The normalized spacial score (nSPS) is 11.0. The van der Waals surface area contributed by atoms with Gasteiger partial charge in [0.2, 0.25) is 5.95 Å². The van der Waals surface area contributed by atoms with Gasteiger partial charge in [-0.25, -0.2) is 17.6 Å². The highest BCUT2D eigenvalue weighted by Gasteiger charge is 2.21. The average Bonchev–Trinajstić information content (AvgIpc) is 2.89. The van der Waals surface area contributed by atoms with Gasteiger partial charge < -0.3 is 11.1 Å². The van der Waals surface area contributed by atoms with Crippen LogP contribution < -0.4 is 11.1 Å². The van der Waals surface area contributed by atoms with Crippen molar-refractivity contribution in [1.29, 1.82) is 0 Å². The molecule has 0 bridgehead atoms. The van der Waals surface area contributed by atoms with Gasteiger partial charge in [-0.15, -0.1) is 0 Å². The Labute approximate surface area is 114 Å². The number of hydrogen-bond donors (Lipinski definition) is 3. The first kappa shape index (κ1) is 13.1. The molecule has 3 aromatic rings. The number of nitrogens with two attached hydrogens (primary N) is 1. The van der Waals surface area contributed by atoms with E-state index in [0.29, 0.717) is 0 Å². The lowest BCUT2D eigenvalue weighted by Crippen LogP contribution is -2.06. The predicted molar refractivity (Wildman–Crippen MR) is 65.7 cm³/mol. The van der Waals surface area contributed by atoms with Crippen LogP contribution in [-0.4, -0.2) is 20.2 Å². The molecule has 0 saturated carbocycles. The molecule has 0 saturated heterocycles. The highest BCUT2D eigenvalue weighted by molar-refractivity contribution is 5.88. The summed E-state index contributed by atoms with van der Waals surface area (Å²) in [7, 11) is 0. The SMILES string of the molecule is Nc1nc(Nc2c(F)c(F)cc(F)c2F)c2cn[nH]c2n1. The molecule has 0 aliphatic heterocycles. The van der Waals surface area contributed by atoms with Crippen LogP contribution in [0.3, 0.4) is 0 Å². The Kier molecular flexibility index (Phi) is 2.85. The molecule has 0 fully saturated rings. The van der Waals surface area contributed by atoms with Crippen LogP contribution in [0.15, 0.2) is 12.3 Å². The fourth-order valence-corrected chi connectivity index (χ4v) is 1.75. The molecule has 6 nitrogen and oxygen atoms in total. The van der Waals surface area contributed by atoms with Crippen molar-refractivity contribution in [3.63, 3.8) is 0 Å². The molecule has 2 heterocycles. The van der Waals surface area contributed by atoms with Gasteiger partial charge in [0.05, 0.1) is 11.6 Å². The van der Waals surface area contributed by atoms with E-state index in [2.05, 4.69) is 25.5 Å². The summed E-state index contributed by atoms with van der Waals surface area (Å²) in [5, 5.41) is 8.56. The average molecular weight is 298 g/mol. The smallest absolute Gasteiger partial charge is 0.224 e. The summed E-state index contributed by atoms with van der Waals surface area (Å²) in [5.41, 5.74) is 4.60. The number of H-pyrrole nitrogens is 1. The van der Waals surface area contributed by atoms with Crippen molar-refractivity contribution in [2.24, 2.45) is 0 Å². The number of aromatic nitrogens is 4. The maximum Gasteiger partial charge on any atom is 0.224 e. The summed E-state index contributed by atoms with van der Waals surface area (Å²) < 4.78 is 53.5. The number of halogens is 4. The van der Waals surface area contributed by atoms with Gasteiger partial charge in [0.25, 0.3) is 0 Å². The third-order valence-electron chi connectivity index (χ3n) is 2.68. The Morgan fingerprint density at radius 3 is 2.38 bits per heavy atom. The standard InChI is InChI=1S/C11H6F4N6/c12-4-1-5(13)7(15)8(6(4)14)18-9-3-2-17-21-10(3)20-11(16)19-9/h1-2H,(H4,16,17,18,19,20,21). The summed E-state index contributed by atoms with van der Waals surface area (Å²) in [4.78, 5) is 7.52. The van der Waals surface area contributed by atoms with Gasteiger partial charge in [-0.1, -0.05) is 0 Å². The van der Waals surface area contributed by atoms with Crippen molar-refractivity contribution in [2.75, 3.05) is 11.1 Å². The number of nitrogen functional groups attached to an aromatic ring is 1. The summed E-state index contributed by atoms with van der Waals surface area (Å²) in [6, 6.07) is 0.109. The molecular formula is C11H6F4N6. The predicted octanol–water partition coefficient (Wildman–Crippen LogP) is 2.24. The lowest BCUT2D eigenvalue weighted by atomic mass is 10.2. The molecule has 0 unspecified atom stereocenters. The van der Waals surface area contributed by atoms with Gasteiger partial charge >= 0.3 is 0 Å². The maximum absolute atomic E-state index is 13.6. The molecule has 3 rings (SSSR count). The summed E-state index contributed by atoms with van der Waals surface area (Å²) in [6.07, 6.45) is 1.27. The monoisotopic (exact) mass is 298 g/mol. The molecule has 4 N–H and O–H groups in total. The zero-order valence-corrected chi connectivity index (χ0v) is 10.1. The Balaban J connectivity index is 2.17. The minimum absolute atomic E-state index is 0.109. The highest BCUT2D eigenvalue weighted by atomic mass is 19.2. The second kappa shape index (κ2) is 4.58. The first-order valence-corrected chi connectivity index (χ1v) is 5.54. The Hall–Kier alpha value is -2.91. The fourth-order valence-electron chi connectivity index (χ4n) is 1.75. The van der Waals surface area contributed by atoms with Crippen molar-refractivity contribution in [3.05, 3.63) is 35.5 Å². The third kappa shape index (κ3) is 2.10. The molecule has 108 valence electrons. The number of benzene rings is 1. The molecule has 0 amide bonds. The molecule has 0 aliphatic rings. The van der Waals surface area contributed by atoms with E-state index in [1.807, 2.05) is 0 Å². The summed E-state index contributed by atoms with van der Waals surface area (Å²) >= 11 is 0. The maximum atomic E-state index is 13.6. The van der Waals surface area contributed by atoms with Crippen molar-refractivity contribution < 1.29 is 17.6 Å². The van der Waals surface area contributed by atoms with Gasteiger partial charge in [0.1, 0.15) is 11.5 Å². The van der Waals surface area contributed by atoms with E-state index in [1.54, 1.807) is 0 Å². The van der Waals surface area contributed by atoms with E-state index in [1.165, 1.54) is 6.20 Å². The zero-order chi connectivity index (χ0) is 15.1. The van der Waals surface area contributed by atoms with Gasteiger partial charge in [-0.2, -0.15) is 15.1 Å². The molecule has 0 spiro atoms. The van der Waals surface area contributed by atoms with E-state index < -0.39 is 29.0 Å². The van der Waals surface area contributed by atoms with Crippen molar-refractivity contribution in [3.8, 4) is 0 Å². The molecular weight excluding hydrogens is 292 g/mol. The Bertz CT molecular complexity index is 820. The zero-order valence-electron chi connectivity index (χ0n) is 10.1. The van der Waals surface area contributed by atoms with Crippen LogP contribution in [-0.2, 0) is 0 Å². The molecule has 0 atom stereocenters. The Morgan fingerprint density at radius 1 is 1.05 bits per heavy atom.